The lowest BCUT2D eigenvalue weighted by atomic mass is 9.49. The van der Waals surface area contributed by atoms with Gasteiger partial charge in [0.1, 0.15) is 12.2 Å². The van der Waals surface area contributed by atoms with E-state index in [1.54, 1.807) is 0 Å². The quantitative estimate of drug-likeness (QED) is 0.755. The van der Waals surface area contributed by atoms with Crippen molar-refractivity contribution in [2.45, 2.75) is 55.9 Å². The highest BCUT2D eigenvalue weighted by molar-refractivity contribution is 5.57. The lowest BCUT2D eigenvalue weighted by Crippen LogP contribution is -2.62. The second-order valence-electron chi connectivity index (χ2n) is 8.91. The van der Waals surface area contributed by atoms with Crippen LogP contribution in [-0.4, -0.2) is 40.4 Å². The molecule has 2 bridgehead atoms. The molecular formula is C23H24O4. The summed E-state index contributed by atoms with van der Waals surface area (Å²) in [5, 5.41) is 22.8. The highest BCUT2D eigenvalue weighted by atomic mass is 16.8. The van der Waals surface area contributed by atoms with Gasteiger partial charge in [-0.05, 0) is 36.1 Å². The number of fused-ring (bicyclic) bond motifs is 1. The molecule has 0 amide bonds. The van der Waals surface area contributed by atoms with Crippen LogP contribution in [0.4, 0.5) is 0 Å². The zero-order chi connectivity index (χ0) is 18.5. The summed E-state index contributed by atoms with van der Waals surface area (Å²) in [7, 11) is 0. The molecule has 1 saturated heterocycles. The van der Waals surface area contributed by atoms with Crippen molar-refractivity contribution in [3.63, 3.8) is 0 Å². The molecule has 0 unspecified atom stereocenters. The molecule has 6 atom stereocenters. The van der Waals surface area contributed by atoms with Gasteiger partial charge in [-0.2, -0.15) is 0 Å². The van der Waals surface area contributed by atoms with Gasteiger partial charge in [-0.3, -0.25) is 0 Å². The average molecular weight is 364 g/mol. The maximum absolute atomic E-state index is 11.4. The van der Waals surface area contributed by atoms with Crippen molar-refractivity contribution >= 4 is 0 Å². The van der Waals surface area contributed by atoms with Crippen molar-refractivity contribution in [3.8, 4) is 0 Å². The Morgan fingerprint density at radius 3 is 1.33 bits per heavy atom. The summed E-state index contributed by atoms with van der Waals surface area (Å²) in [6, 6.07) is 17.0. The van der Waals surface area contributed by atoms with Crippen molar-refractivity contribution < 1.29 is 19.7 Å². The molecule has 1 heterocycles. The van der Waals surface area contributed by atoms with E-state index in [1.807, 2.05) is 13.8 Å². The first-order chi connectivity index (χ1) is 13.0. The second-order valence-corrected chi connectivity index (χ2v) is 8.91. The summed E-state index contributed by atoms with van der Waals surface area (Å²) in [5.74, 6) is -0.790. The number of aliphatic hydroxyl groups is 2. The van der Waals surface area contributed by atoms with Gasteiger partial charge >= 0.3 is 0 Å². The van der Waals surface area contributed by atoms with Gasteiger partial charge < -0.3 is 19.7 Å². The molecule has 2 N–H and O–H groups in total. The van der Waals surface area contributed by atoms with E-state index in [4.69, 9.17) is 9.47 Å². The molecule has 1 aliphatic heterocycles. The van der Waals surface area contributed by atoms with Crippen LogP contribution in [0, 0.1) is 11.8 Å². The fourth-order valence-corrected chi connectivity index (χ4v) is 6.40. The highest BCUT2D eigenvalue weighted by Gasteiger charge is 2.64. The lowest BCUT2D eigenvalue weighted by molar-refractivity contribution is -0.157. The molecule has 4 nitrogen and oxygen atoms in total. The largest absolute Gasteiger partial charge is 0.390 e. The molecule has 4 heteroatoms. The average Bonchev–Trinajstić information content (AvgIpc) is 3.01. The fraction of sp³-hybridized carbons (Fsp3) is 0.478. The smallest absolute Gasteiger partial charge is 0.164 e. The molecule has 1 saturated carbocycles. The van der Waals surface area contributed by atoms with Gasteiger partial charge in [0.05, 0.1) is 12.2 Å². The van der Waals surface area contributed by atoms with Crippen LogP contribution in [0.25, 0.3) is 0 Å². The van der Waals surface area contributed by atoms with E-state index in [9.17, 15) is 10.2 Å². The maximum atomic E-state index is 11.4. The Labute approximate surface area is 158 Å². The first kappa shape index (κ1) is 16.3. The lowest BCUT2D eigenvalue weighted by Gasteiger charge is -2.57. The number of hydrogen-bond acceptors (Lipinski definition) is 4. The van der Waals surface area contributed by atoms with Crippen LogP contribution >= 0.6 is 0 Å². The van der Waals surface area contributed by atoms with E-state index in [2.05, 4.69) is 48.5 Å². The van der Waals surface area contributed by atoms with Crippen molar-refractivity contribution in [2.75, 3.05) is 0 Å². The predicted octanol–water partition coefficient (Wildman–Crippen LogP) is 2.77. The maximum Gasteiger partial charge on any atom is 0.164 e. The molecule has 27 heavy (non-hydrogen) atoms. The van der Waals surface area contributed by atoms with E-state index < -0.39 is 30.2 Å². The minimum Gasteiger partial charge on any atom is -0.390 e. The summed E-state index contributed by atoms with van der Waals surface area (Å²) >= 11 is 0. The number of rotatable bonds is 0. The van der Waals surface area contributed by atoms with Crippen LogP contribution in [0.15, 0.2) is 48.5 Å². The summed E-state index contributed by atoms with van der Waals surface area (Å²) in [5.41, 5.74) is 5.13. The van der Waals surface area contributed by atoms with E-state index >= 15 is 0 Å². The third kappa shape index (κ3) is 1.97. The predicted molar refractivity (Wildman–Crippen MR) is 99.4 cm³/mol. The Balaban J connectivity index is 1.58. The number of ether oxygens (including phenoxy) is 2. The van der Waals surface area contributed by atoms with Crippen molar-refractivity contribution in [1.82, 2.24) is 0 Å². The van der Waals surface area contributed by atoms with Gasteiger partial charge in [0.2, 0.25) is 0 Å². The summed E-state index contributed by atoms with van der Waals surface area (Å²) < 4.78 is 12.1. The van der Waals surface area contributed by atoms with Gasteiger partial charge in [0.25, 0.3) is 0 Å². The SMILES string of the molecule is CC1(C)O[C@@H]2[C@@H](O)[C@H]3C4c5ccccc5C(c5ccccc54)[C@H]3[C@@H](O)[C@@H]2O1. The van der Waals surface area contributed by atoms with E-state index in [1.165, 1.54) is 22.3 Å². The summed E-state index contributed by atoms with van der Waals surface area (Å²) in [6.45, 7) is 3.71. The molecule has 4 aliphatic carbocycles. The Morgan fingerprint density at radius 1 is 0.667 bits per heavy atom. The van der Waals surface area contributed by atoms with E-state index in [-0.39, 0.29) is 23.7 Å². The molecule has 0 aromatic heterocycles. The normalized spacial score (nSPS) is 42.8. The molecule has 0 spiro atoms. The zero-order valence-electron chi connectivity index (χ0n) is 15.4. The first-order valence-electron chi connectivity index (χ1n) is 9.87. The second kappa shape index (κ2) is 5.21. The van der Waals surface area contributed by atoms with Crippen molar-refractivity contribution in [3.05, 3.63) is 70.8 Å². The zero-order valence-corrected chi connectivity index (χ0v) is 15.4. The molecule has 0 radical (unpaired) electrons. The minimum absolute atomic E-state index is 0.0744. The standard InChI is InChI=1S/C23H24O4/c1-23(2)26-21-19(24)17-15-11-7-3-4-8-12(11)16(14-10-6-5-9-13(14)15)18(17)20(25)22(21)27-23/h3-10,15-22,24-25H,1-2H3/t15?,16?,17-,18+,19-,20+,21+,22-. The molecule has 2 fully saturated rings. The molecule has 140 valence electrons. The van der Waals surface area contributed by atoms with Crippen molar-refractivity contribution in [1.29, 1.82) is 0 Å². The molecule has 5 aliphatic rings. The van der Waals surface area contributed by atoms with Crippen molar-refractivity contribution in [2.24, 2.45) is 11.8 Å². The third-order valence-corrected chi connectivity index (χ3v) is 7.17. The fourth-order valence-electron chi connectivity index (χ4n) is 6.40. The Morgan fingerprint density at radius 2 is 1.00 bits per heavy atom. The summed E-state index contributed by atoms with van der Waals surface area (Å²) in [6.07, 6.45) is -2.32. The monoisotopic (exact) mass is 364 g/mol. The Hall–Kier alpha value is -1.72. The number of hydrogen-bond donors (Lipinski definition) is 2. The van der Waals surface area contributed by atoms with Gasteiger partial charge in [0, 0.05) is 23.7 Å². The van der Waals surface area contributed by atoms with E-state index in [0.29, 0.717) is 0 Å². The highest BCUT2D eigenvalue weighted by Crippen LogP contribution is 2.63. The Bertz CT molecular complexity index is 803. The first-order valence-corrected chi connectivity index (χ1v) is 9.87. The molecule has 2 aromatic carbocycles. The van der Waals surface area contributed by atoms with Gasteiger partial charge in [-0.15, -0.1) is 0 Å². The molecule has 7 rings (SSSR count). The van der Waals surface area contributed by atoms with Gasteiger partial charge in [-0.1, -0.05) is 48.5 Å². The van der Waals surface area contributed by atoms with Gasteiger partial charge in [-0.25, -0.2) is 0 Å². The topological polar surface area (TPSA) is 58.9 Å². The van der Waals surface area contributed by atoms with Crippen LogP contribution in [-0.2, 0) is 9.47 Å². The van der Waals surface area contributed by atoms with E-state index in [0.717, 1.165) is 0 Å². The van der Waals surface area contributed by atoms with Gasteiger partial charge in [0.15, 0.2) is 5.79 Å². The summed E-state index contributed by atoms with van der Waals surface area (Å²) in [4.78, 5) is 0. The van der Waals surface area contributed by atoms with Crippen LogP contribution in [0.3, 0.4) is 0 Å². The van der Waals surface area contributed by atoms with Crippen LogP contribution in [0.5, 0.6) is 0 Å². The van der Waals surface area contributed by atoms with Crippen LogP contribution in [0.1, 0.15) is 47.9 Å². The number of benzene rings is 2. The third-order valence-electron chi connectivity index (χ3n) is 7.17. The van der Waals surface area contributed by atoms with Crippen LogP contribution in [0.2, 0.25) is 0 Å². The minimum atomic E-state index is -0.788. The number of aliphatic hydroxyl groups excluding tert-OH is 2. The molecule has 2 aromatic rings. The Kier molecular flexibility index (Phi) is 3.13. The van der Waals surface area contributed by atoms with Crippen LogP contribution < -0.4 is 0 Å². The molecular weight excluding hydrogens is 340 g/mol.